The lowest BCUT2D eigenvalue weighted by molar-refractivity contribution is 0.420. The van der Waals surface area contributed by atoms with Gasteiger partial charge in [-0.25, -0.2) is 4.98 Å². The van der Waals surface area contributed by atoms with Crippen molar-refractivity contribution < 1.29 is 0 Å². The Hall–Kier alpha value is -1.16. The molecular weight excluding hydrogens is 236 g/mol. The Morgan fingerprint density at radius 1 is 1.26 bits per heavy atom. The van der Waals surface area contributed by atoms with Crippen LogP contribution >= 0.6 is 0 Å². The largest absolute Gasteiger partial charge is 0.353 e. The maximum absolute atomic E-state index is 4.72. The SMILES string of the molecule is CCCN(c1cncc(CNC(C)(C)C)n1)C(C)C. The predicted molar refractivity (Wildman–Crippen MR) is 81.4 cm³/mol. The molecular formula is C15H28N4. The molecule has 1 rings (SSSR count). The van der Waals surface area contributed by atoms with Crippen molar-refractivity contribution in [2.24, 2.45) is 0 Å². The molecule has 0 spiro atoms. The van der Waals surface area contributed by atoms with E-state index < -0.39 is 0 Å². The Kier molecular flexibility index (Phi) is 5.73. The van der Waals surface area contributed by atoms with Crippen LogP contribution in [0.5, 0.6) is 0 Å². The summed E-state index contributed by atoms with van der Waals surface area (Å²) in [5, 5.41) is 3.44. The Balaban J connectivity index is 2.80. The third-order valence-electron chi connectivity index (χ3n) is 2.85. The van der Waals surface area contributed by atoms with Crippen LogP contribution in [-0.4, -0.2) is 28.1 Å². The zero-order valence-corrected chi connectivity index (χ0v) is 13.2. The van der Waals surface area contributed by atoms with Gasteiger partial charge in [-0.2, -0.15) is 0 Å². The summed E-state index contributed by atoms with van der Waals surface area (Å²) < 4.78 is 0. The lowest BCUT2D eigenvalue weighted by atomic mass is 10.1. The molecule has 0 saturated carbocycles. The molecule has 19 heavy (non-hydrogen) atoms. The molecule has 0 aliphatic heterocycles. The molecule has 0 bridgehead atoms. The first-order valence-electron chi connectivity index (χ1n) is 7.16. The summed E-state index contributed by atoms with van der Waals surface area (Å²) in [6.45, 7) is 14.8. The molecule has 0 fully saturated rings. The molecule has 1 N–H and O–H groups in total. The van der Waals surface area contributed by atoms with E-state index in [2.05, 4.69) is 56.7 Å². The highest BCUT2D eigenvalue weighted by Gasteiger charge is 2.13. The van der Waals surface area contributed by atoms with E-state index in [1.165, 1.54) is 0 Å². The van der Waals surface area contributed by atoms with Crippen LogP contribution in [0.15, 0.2) is 12.4 Å². The van der Waals surface area contributed by atoms with Gasteiger partial charge in [0.05, 0.1) is 11.9 Å². The molecule has 4 heteroatoms. The second-order valence-corrected chi connectivity index (χ2v) is 6.26. The van der Waals surface area contributed by atoms with E-state index in [1.807, 2.05) is 12.4 Å². The maximum Gasteiger partial charge on any atom is 0.147 e. The summed E-state index contributed by atoms with van der Waals surface area (Å²) in [7, 11) is 0. The maximum atomic E-state index is 4.72. The first-order chi connectivity index (χ1) is 8.83. The van der Waals surface area contributed by atoms with Crippen LogP contribution in [-0.2, 0) is 6.54 Å². The van der Waals surface area contributed by atoms with Crippen molar-refractivity contribution >= 4 is 5.82 Å². The van der Waals surface area contributed by atoms with E-state index in [0.29, 0.717) is 6.04 Å². The Labute approximate surface area is 117 Å². The quantitative estimate of drug-likeness (QED) is 0.857. The molecule has 0 atom stereocenters. The van der Waals surface area contributed by atoms with Gasteiger partial charge >= 0.3 is 0 Å². The summed E-state index contributed by atoms with van der Waals surface area (Å²) in [6, 6.07) is 0.445. The normalized spacial score (nSPS) is 11.9. The molecule has 1 heterocycles. The van der Waals surface area contributed by atoms with Crippen molar-refractivity contribution in [3.8, 4) is 0 Å². The van der Waals surface area contributed by atoms with E-state index in [-0.39, 0.29) is 5.54 Å². The number of aromatic nitrogens is 2. The fourth-order valence-corrected chi connectivity index (χ4v) is 1.85. The van der Waals surface area contributed by atoms with Crippen molar-refractivity contribution in [2.45, 2.75) is 66.1 Å². The van der Waals surface area contributed by atoms with E-state index in [0.717, 1.165) is 31.0 Å². The van der Waals surface area contributed by atoms with Crippen LogP contribution in [0.3, 0.4) is 0 Å². The van der Waals surface area contributed by atoms with Crippen molar-refractivity contribution in [2.75, 3.05) is 11.4 Å². The monoisotopic (exact) mass is 264 g/mol. The summed E-state index contributed by atoms with van der Waals surface area (Å²) in [6.07, 6.45) is 4.81. The minimum absolute atomic E-state index is 0.0961. The number of anilines is 1. The average Bonchev–Trinajstić information content (AvgIpc) is 2.32. The molecule has 108 valence electrons. The van der Waals surface area contributed by atoms with Crippen molar-refractivity contribution in [3.63, 3.8) is 0 Å². The predicted octanol–water partition coefficient (Wildman–Crippen LogP) is 2.99. The molecule has 1 aromatic heterocycles. The number of hydrogen-bond acceptors (Lipinski definition) is 4. The van der Waals surface area contributed by atoms with Crippen LogP contribution in [0, 0.1) is 0 Å². The van der Waals surface area contributed by atoms with Crippen molar-refractivity contribution in [3.05, 3.63) is 18.1 Å². The lowest BCUT2D eigenvalue weighted by Gasteiger charge is -2.27. The van der Waals surface area contributed by atoms with Crippen LogP contribution < -0.4 is 10.2 Å². The summed E-state index contributed by atoms with van der Waals surface area (Å²) in [5.74, 6) is 0.977. The van der Waals surface area contributed by atoms with E-state index in [1.54, 1.807) is 0 Å². The van der Waals surface area contributed by atoms with E-state index in [4.69, 9.17) is 4.98 Å². The van der Waals surface area contributed by atoms with Crippen molar-refractivity contribution in [1.82, 2.24) is 15.3 Å². The fraction of sp³-hybridized carbons (Fsp3) is 0.733. The molecule has 0 saturated heterocycles. The number of nitrogens with zero attached hydrogens (tertiary/aromatic N) is 3. The molecule has 0 aliphatic carbocycles. The highest BCUT2D eigenvalue weighted by atomic mass is 15.2. The number of rotatable bonds is 6. The van der Waals surface area contributed by atoms with Crippen LogP contribution in [0.2, 0.25) is 0 Å². The molecule has 0 aromatic carbocycles. The fourth-order valence-electron chi connectivity index (χ4n) is 1.85. The van der Waals surface area contributed by atoms with Crippen LogP contribution in [0.25, 0.3) is 0 Å². The second kappa shape index (κ2) is 6.85. The zero-order chi connectivity index (χ0) is 14.5. The second-order valence-electron chi connectivity index (χ2n) is 6.26. The van der Waals surface area contributed by atoms with E-state index >= 15 is 0 Å². The van der Waals surface area contributed by atoms with Crippen LogP contribution in [0.4, 0.5) is 5.82 Å². The first-order valence-corrected chi connectivity index (χ1v) is 7.16. The van der Waals surface area contributed by atoms with Gasteiger partial charge in [-0.1, -0.05) is 6.92 Å². The third kappa shape index (κ3) is 5.55. The van der Waals surface area contributed by atoms with Gasteiger partial charge in [0.25, 0.3) is 0 Å². The van der Waals surface area contributed by atoms with Gasteiger partial charge in [0.15, 0.2) is 0 Å². The topological polar surface area (TPSA) is 41.1 Å². The number of nitrogens with one attached hydrogen (secondary N) is 1. The highest BCUT2D eigenvalue weighted by Crippen LogP contribution is 2.14. The molecule has 1 aromatic rings. The molecule has 0 unspecified atom stereocenters. The molecule has 0 amide bonds. The minimum Gasteiger partial charge on any atom is -0.353 e. The average molecular weight is 264 g/mol. The molecule has 0 aliphatic rings. The van der Waals surface area contributed by atoms with Gasteiger partial charge < -0.3 is 10.2 Å². The highest BCUT2D eigenvalue weighted by molar-refractivity contribution is 5.37. The Morgan fingerprint density at radius 3 is 2.47 bits per heavy atom. The van der Waals surface area contributed by atoms with Gasteiger partial charge in [0, 0.05) is 30.9 Å². The van der Waals surface area contributed by atoms with Gasteiger partial charge in [0.2, 0.25) is 0 Å². The van der Waals surface area contributed by atoms with Gasteiger partial charge in [-0.3, -0.25) is 4.98 Å². The number of hydrogen-bond donors (Lipinski definition) is 1. The van der Waals surface area contributed by atoms with E-state index in [9.17, 15) is 0 Å². The van der Waals surface area contributed by atoms with Crippen LogP contribution in [0.1, 0.15) is 53.7 Å². The summed E-state index contributed by atoms with van der Waals surface area (Å²) >= 11 is 0. The van der Waals surface area contributed by atoms with Gasteiger partial charge in [-0.15, -0.1) is 0 Å². The molecule has 0 radical (unpaired) electrons. The first kappa shape index (κ1) is 15.9. The van der Waals surface area contributed by atoms with Gasteiger partial charge in [0.1, 0.15) is 5.82 Å². The summed E-state index contributed by atoms with van der Waals surface area (Å²) in [4.78, 5) is 11.3. The molecule has 4 nitrogen and oxygen atoms in total. The Morgan fingerprint density at radius 2 is 1.95 bits per heavy atom. The smallest absolute Gasteiger partial charge is 0.147 e. The minimum atomic E-state index is 0.0961. The van der Waals surface area contributed by atoms with Gasteiger partial charge in [-0.05, 0) is 41.0 Å². The summed E-state index contributed by atoms with van der Waals surface area (Å²) in [5.41, 5.74) is 1.09. The zero-order valence-electron chi connectivity index (χ0n) is 13.2. The third-order valence-corrected chi connectivity index (χ3v) is 2.85. The lowest BCUT2D eigenvalue weighted by Crippen LogP contribution is -2.36. The Bertz CT molecular complexity index is 382. The van der Waals surface area contributed by atoms with Crippen molar-refractivity contribution in [1.29, 1.82) is 0 Å². The standard InChI is InChI=1S/C15H28N4/c1-7-8-19(12(2)3)14-11-16-9-13(18-14)10-17-15(4,5)6/h9,11-12,17H,7-8,10H2,1-6H3.